The Labute approximate surface area is 116 Å². The van der Waals surface area contributed by atoms with E-state index in [0.717, 1.165) is 30.8 Å². The molecular weight excluding hydrogens is 236 g/mol. The zero-order valence-electron chi connectivity index (χ0n) is 12.2. The van der Waals surface area contributed by atoms with Crippen molar-refractivity contribution < 1.29 is 4.74 Å². The predicted molar refractivity (Wildman–Crippen MR) is 78.3 cm³/mol. The van der Waals surface area contributed by atoms with Crippen molar-refractivity contribution in [3.05, 3.63) is 29.8 Å². The predicted octanol–water partition coefficient (Wildman–Crippen LogP) is 3.25. The molecule has 0 aliphatic heterocycles. The first-order valence-electron chi connectivity index (χ1n) is 7.04. The van der Waals surface area contributed by atoms with Crippen molar-refractivity contribution >= 4 is 0 Å². The van der Waals surface area contributed by atoms with Gasteiger partial charge in [-0.05, 0) is 37.6 Å². The third-order valence-corrected chi connectivity index (χ3v) is 3.47. The Morgan fingerprint density at radius 3 is 2.47 bits per heavy atom. The molecule has 0 saturated carbocycles. The van der Waals surface area contributed by atoms with Gasteiger partial charge in [0.15, 0.2) is 0 Å². The molecule has 19 heavy (non-hydrogen) atoms. The zero-order valence-corrected chi connectivity index (χ0v) is 12.2. The van der Waals surface area contributed by atoms with E-state index < -0.39 is 0 Å². The van der Waals surface area contributed by atoms with Gasteiger partial charge in [0.05, 0.1) is 12.5 Å². The summed E-state index contributed by atoms with van der Waals surface area (Å²) in [6.07, 6.45) is 1.62. The third kappa shape index (κ3) is 5.32. The summed E-state index contributed by atoms with van der Waals surface area (Å²) in [5.74, 6) is 0.877. The van der Waals surface area contributed by atoms with Crippen molar-refractivity contribution in [1.29, 1.82) is 5.26 Å². The number of nitrogens with zero attached hydrogens (tertiary/aromatic N) is 2. The lowest BCUT2D eigenvalue weighted by Gasteiger charge is -2.26. The Bertz CT molecular complexity index is 394. The lowest BCUT2D eigenvalue weighted by atomic mass is 10.2. The summed E-state index contributed by atoms with van der Waals surface area (Å²) in [6, 6.07) is 10.5. The van der Waals surface area contributed by atoms with Gasteiger partial charge < -0.3 is 4.74 Å². The Morgan fingerprint density at radius 1 is 1.26 bits per heavy atom. The molecule has 3 heteroatoms. The molecule has 0 aromatic heterocycles. The van der Waals surface area contributed by atoms with Crippen LogP contribution < -0.4 is 4.74 Å². The van der Waals surface area contributed by atoms with Gasteiger partial charge in [-0.3, -0.25) is 4.90 Å². The van der Waals surface area contributed by atoms with Crippen LogP contribution in [0.15, 0.2) is 24.3 Å². The minimum atomic E-state index is 0.456. The summed E-state index contributed by atoms with van der Waals surface area (Å²) in [5.41, 5.74) is 1.03. The summed E-state index contributed by atoms with van der Waals surface area (Å²) < 4.78 is 5.74. The SMILES string of the molecule is CCC(C)N(CC)CCOc1ccc(CC#N)cc1. The summed E-state index contributed by atoms with van der Waals surface area (Å²) in [5, 5.41) is 8.61. The van der Waals surface area contributed by atoms with E-state index in [1.165, 1.54) is 0 Å². The first kappa shape index (κ1) is 15.5. The fraction of sp³-hybridized carbons (Fsp3) is 0.562. The highest BCUT2D eigenvalue weighted by Crippen LogP contribution is 2.12. The van der Waals surface area contributed by atoms with Crippen LogP contribution in [0.25, 0.3) is 0 Å². The van der Waals surface area contributed by atoms with Crippen LogP contribution in [0.3, 0.4) is 0 Å². The van der Waals surface area contributed by atoms with Crippen molar-refractivity contribution in [2.45, 2.75) is 39.7 Å². The van der Waals surface area contributed by atoms with Gasteiger partial charge >= 0.3 is 0 Å². The second-order valence-electron chi connectivity index (χ2n) is 4.71. The molecule has 3 nitrogen and oxygen atoms in total. The topological polar surface area (TPSA) is 36.3 Å². The summed E-state index contributed by atoms with van der Waals surface area (Å²) in [4.78, 5) is 2.42. The number of hydrogen-bond acceptors (Lipinski definition) is 3. The van der Waals surface area contributed by atoms with Gasteiger partial charge in [-0.1, -0.05) is 26.0 Å². The van der Waals surface area contributed by atoms with E-state index in [2.05, 4.69) is 31.7 Å². The average molecular weight is 260 g/mol. The molecule has 104 valence electrons. The molecule has 1 rings (SSSR count). The van der Waals surface area contributed by atoms with Crippen LogP contribution in [0.4, 0.5) is 0 Å². The molecule has 1 unspecified atom stereocenters. The van der Waals surface area contributed by atoms with Crippen molar-refractivity contribution in [2.24, 2.45) is 0 Å². The highest BCUT2D eigenvalue weighted by molar-refractivity contribution is 5.28. The Kier molecular flexibility index (Phi) is 6.99. The van der Waals surface area contributed by atoms with Gasteiger partial charge in [0.2, 0.25) is 0 Å². The van der Waals surface area contributed by atoms with Crippen LogP contribution in [-0.4, -0.2) is 30.6 Å². The van der Waals surface area contributed by atoms with Crippen molar-refractivity contribution in [3.63, 3.8) is 0 Å². The van der Waals surface area contributed by atoms with Crippen LogP contribution in [0.2, 0.25) is 0 Å². The zero-order chi connectivity index (χ0) is 14.1. The highest BCUT2D eigenvalue weighted by atomic mass is 16.5. The van der Waals surface area contributed by atoms with Crippen molar-refractivity contribution in [2.75, 3.05) is 19.7 Å². The highest BCUT2D eigenvalue weighted by Gasteiger charge is 2.09. The van der Waals surface area contributed by atoms with E-state index in [1.54, 1.807) is 0 Å². The summed E-state index contributed by atoms with van der Waals surface area (Å²) >= 11 is 0. The molecule has 1 aromatic rings. The molecule has 0 aliphatic carbocycles. The van der Waals surface area contributed by atoms with Crippen LogP contribution in [0.5, 0.6) is 5.75 Å². The maximum absolute atomic E-state index is 8.61. The number of rotatable bonds is 8. The molecular formula is C16H24N2O. The maximum atomic E-state index is 8.61. The lowest BCUT2D eigenvalue weighted by Crippen LogP contribution is -2.35. The van der Waals surface area contributed by atoms with E-state index in [1.807, 2.05) is 24.3 Å². The molecule has 0 N–H and O–H groups in total. The van der Waals surface area contributed by atoms with Crippen molar-refractivity contribution in [1.82, 2.24) is 4.90 Å². The first-order chi connectivity index (χ1) is 9.21. The van der Waals surface area contributed by atoms with E-state index >= 15 is 0 Å². The number of hydrogen-bond donors (Lipinski definition) is 0. The number of nitriles is 1. The number of ether oxygens (including phenoxy) is 1. The van der Waals surface area contributed by atoms with E-state index in [0.29, 0.717) is 19.1 Å². The molecule has 0 aliphatic rings. The Balaban J connectivity index is 2.38. The van der Waals surface area contributed by atoms with E-state index in [-0.39, 0.29) is 0 Å². The number of benzene rings is 1. The van der Waals surface area contributed by atoms with Crippen LogP contribution in [0.1, 0.15) is 32.8 Å². The fourth-order valence-electron chi connectivity index (χ4n) is 2.02. The smallest absolute Gasteiger partial charge is 0.119 e. The van der Waals surface area contributed by atoms with Gasteiger partial charge in [0.1, 0.15) is 12.4 Å². The molecule has 0 radical (unpaired) electrons. The monoisotopic (exact) mass is 260 g/mol. The fourth-order valence-corrected chi connectivity index (χ4v) is 2.02. The second kappa shape index (κ2) is 8.55. The quantitative estimate of drug-likeness (QED) is 0.720. The van der Waals surface area contributed by atoms with Gasteiger partial charge in [-0.15, -0.1) is 0 Å². The normalized spacial score (nSPS) is 12.2. The molecule has 0 fully saturated rings. The lowest BCUT2D eigenvalue weighted by molar-refractivity contribution is 0.171. The van der Waals surface area contributed by atoms with E-state index in [9.17, 15) is 0 Å². The number of likely N-dealkylation sites (N-methyl/N-ethyl adjacent to an activating group) is 1. The van der Waals surface area contributed by atoms with Gasteiger partial charge in [-0.25, -0.2) is 0 Å². The van der Waals surface area contributed by atoms with E-state index in [4.69, 9.17) is 10.00 Å². The van der Waals surface area contributed by atoms with Crippen LogP contribution >= 0.6 is 0 Å². The van der Waals surface area contributed by atoms with Crippen LogP contribution in [0, 0.1) is 11.3 Å². The molecule has 0 bridgehead atoms. The molecule has 0 saturated heterocycles. The van der Waals surface area contributed by atoms with Gasteiger partial charge in [0, 0.05) is 12.6 Å². The summed E-state index contributed by atoms with van der Waals surface area (Å²) in [6.45, 7) is 9.35. The third-order valence-electron chi connectivity index (χ3n) is 3.47. The standard InChI is InChI=1S/C16H24N2O/c1-4-14(3)18(5-2)12-13-19-16-8-6-15(7-9-16)10-11-17/h6-9,14H,4-5,10,12-13H2,1-3H3. The molecule has 0 amide bonds. The largest absolute Gasteiger partial charge is 0.492 e. The van der Waals surface area contributed by atoms with Crippen molar-refractivity contribution in [3.8, 4) is 11.8 Å². The first-order valence-corrected chi connectivity index (χ1v) is 7.04. The Morgan fingerprint density at radius 2 is 1.95 bits per heavy atom. The molecule has 1 atom stereocenters. The molecule has 0 spiro atoms. The maximum Gasteiger partial charge on any atom is 0.119 e. The molecule has 1 aromatic carbocycles. The van der Waals surface area contributed by atoms with Crippen LogP contribution in [-0.2, 0) is 6.42 Å². The van der Waals surface area contributed by atoms with Gasteiger partial charge in [0.25, 0.3) is 0 Å². The minimum Gasteiger partial charge on any atom is -0.492 e. The Hall–Kier alpha value is -1.53. The summed E-state index contributed by atoms with van der Waals surface area (Å²) in [7, 11) is 0. The van der Waals surface area contributed by atoms with Gasteiger partial charge in [-0.2, -0.15) is 5.26 Å². The average Bonchev–Trinajstić information content (AvgIpc) is 2.45. The molecule has 0 heterocycles. The second-order valence-corrected chi connectivity index (χ2v) is 4.71. The minimum absolute atomic E-state index is 0.456.